The van der Waals surface area contributed by atoms with Gasteiger partial charge in [-0.25, -0.2) is 9.97 Å². The molecule has 2 rings (SSSR count). The molecule has 1 aromatic rings. The lowest BCUT2D eigenvalue weighted by Crippen LogP contribution is -2.22. The van der Waals surface area contributed by atoms with Gasteiger partial charge in [0.05, 0.1) is 5.69 Å². The van der Waals surface area contributed by atoms with Crippen LogP contribution in [0.15, 0.2) is 12.3 Å². The molecule has 1 atom stereocenters. The van der Waals surface area contributed by atoms with E-state index in [0.717, 1.165) is 24.0 Å². The van der Waals surface area contributed by atoms with E-state index in [4.69, 9.17) is 0 Å². The largest absolute Gasteiger partial charge is 0.309 e. The topological polar surface area (TPSA) is 37.8 Å². The van der Waals surface area contributed by atoms with Crippen LogP contribution in [0.1, 0.15) is 43.7 Å². The van der Waals surface area contributed by atoms with Crippen LogP contribution in [0.4, 0.5) is 0 Å². The average Bonchev–Trinajstić information content (AvgIpc) is 3.01. The predicted octanol–water partition coefficient (Wildman–Crippen LogP) is 2.24. The molecule has 3 heteroatoms. The van der Waals surface area contributed by atoms with Crippen molar-refractivity contribution >= 4 is 0 Å². The van der Waals surface area contributed by atoms with Crippen molar-refractivity contribution in [2.45, 2.75) is 39.2 Å². The summed E-state index contributed by atoms with van der Waals surface area (Å²) in [6, 6.07) is 2.45. The Bertz CT molecular complexity index is 320. The SMILES string of the molecule is CCNC(CC1CC1)c1ccnc(C)n1. The molecule has 0 aliphatic heterocycles. The van der Waals surface area contributed by atoms with Crippen molar-refractivity contribution in [2.24, 2.45) is 5.92 Å². The van der Waals surface area contributed by atoms with Gasteiger partial charge in [0.2, 0.25) is 0 Å². The van der Waals surface area contributed by atoms with Crippen molar-refractivity contribution in [1.29, 1.82) is 0 Å². The summed E-state index contributed by atoms with van der Waals surface area (Å²) in [6.45, 7) is 5.10. The van der Waals surface area contributed by atoms with Crippen LogP contribution in [0, 0.1) is 12.8 Å². The molecule has 0 amide bonds. The number of hydrogen-bond acceptors (Lipinski definition) is 3. The fourth-order valence-corrected chi connectivity index (χ4v) is 1.91. The van der Waals surface area contributed by atoms with E-state index in [9.17, 15) is 0 Å². The number of hydrogen-bond donors (Lipinski definition) is 1. The van der Waals surface area contributed by atoms with Crippen LogP contribution in [0.25, 0.3) is 0 Å². The monoisotopic (exact) mass is 205 g/mol. The molecule has 15 heavy (non-hydrogen) atoms. The lowest BCUT2D eigenvalue weighted by atomic mass is 10.1. The molecule has 0 spiro atoms. The maximum atomic E-state index is 4.50. The second-order valence-corrected chi connectivity index (χ2v) is 4.32. The van der Waals surface area contributed by atoms with E-state index in [1.165, 1.54) is 19.3 Å². The summed E-state index contributed by atoms with van der Waals surface area (Å²) < 4.78 is 0. The van der Waals surface area contributed by atoms with E-state index in [1.54, 1.807) is 0 Å². The molecule has 1 aliphatic carbocycles. The smallest absolute Gasteiger partial charge is 0.125 e. The number of rotatable bonds is 5. The highest BCUT2D eigenvalue weighted by atomic mass is 15.0. The minimum atomic E-state index is 0.421. The fraction of sp³-hybridized carbons (Fsp3) is 0.667. The number of nitrogens with zero attached hydrogens (tertiary/aromatic N) is 2. The molecule has 0 bridgehead atoms. The molecular formula is C12H19N3. The molecule has 1 aromatic heterocycles. The van der Waals surface area contributed by atoms with Gasteiger partial charge in [-0.3, -0.25) is 0 Å². The normalized spacial score (nSPS) is 17.7. The van der Waals surface area contributed by atoms with E-state index < -0.39 is 0 Å². The van der Waals surface area contributed by atoms with Crippen LogP contribution in [0.5, 0.6) is 0 Å². The summed E-state index contributed by atoms with van der Waals surface area (Å²) in [5.41, 5.74) is 1.15. The predicted molar refractivity (Wildman–Crippen MR) is 60.5 cm³/mol. The van der Waals surface area contributed by atoms with Crippen molar-refractivity contribution in [3.63, 3.8) is 0 Å². The van der Waals surface area contributed by atoms with Gasteiger partial charge >= 0.3 is 0 Å². The molecule has 1 unspecified atom stereocenters. The number of aryl methyl sites for hydroxylation is 1. The molecule has 1 N–H and O–H groups in total. The number of aromatic nitrogens is 2. The lowest BCUT2D eigenvalue weighted by molar-refractivity contribution is 0.475. The maximum Gasteiger partial charge on any atom is 0.125 e. The summed E-state index contributed by atoms with van der Waals surface area (Å²) >= 11 is 0. The van der Waals surface area contributed by atoms with Crippen LogP contribution < -0.4 is 5.32 Å². The third-order valence-corrected chi connectivity index (χ3v) is 2.87. The molecule has 1 fully saturated rings. The first-order valence-corrected chi connectivity index (χ1v) is 5.82. The first-order valence-electron chi connectivity index (χ1n) is 5.82. The van der Waals surface area contributed by atoms with E-state index in [2.05, 4.69) is 22.2 Å². The Morgan fingerprint density at radius 3 is 2.93 bits per heavy atom. The number of nitrogens with one attached hydrogen (secondary N) is 1. The molecule has 1 heterocycles. The Hall–Kier alpha value is -0.960. The van der Waals surface area contributed by atoms with Gasteiger partial charge in [0.1, 0.15) is 5.82 Å². The first-order chi connectivity index (χ1) is 7.29. The van der Waals surface area contributed by atoms with E-state index in [1.807, 2.05) is 19.2 Å². The van der Waals surface area contributed by atoms with Crippen LogP contribution in [-0.2, 0) is 0 Å². The van der Waals surface area contributed by atoms with Gasteiger partial charge in [-0.05, 0) is 31.9 Å². The second-order valence-electron chi connectivity index (χ2n) is 4.32. The van der Waals surface area contributed by atoms with Crippen LogP contribution in [0.2, 0.25) is 0 Å². The Morgan fingerprint density at radius 2 is 2.33 bits per heavy atom. The zero-order valence-corrected chi connectivity index (χ0v) is 9.53. The van der Waals surface area contributed by atoms with Crippen LogP contribution >= 0.6 is 0 Å². The molecule has 1 aliphatic rings. The average molecular weight is 205 g/mol. The molecule has 3 nitrogen and oxygen atoms in total. The third-order valence-electron chi connectivity index (χ3n) is 2.87. The van der Waals surface area contributed by atoms with Gasteiger partial charge in [-0.2, -0.15) is 0 Å². The van der Waals surface area contributed by atoms with E-state index >= 15 is 0 Å². The zero-order chi connectivity index (χ0) is 10.7. The van der Waals surface area contributed by atoms with Gasteiger partial charge in [0.15, 0.2) is 0 Å². The molecular weight excluding hydrogens is 186 g/mol. The summed E-state index contributed by atoms with van der Waals surface area (Å²) in [5.74, 6) is 1.79. The quantitative estimate of drug-likeness (QED) is 0.801. The lowest BCUT2D eigenvalue weighted by Gasteiger charge is -2.17. The summed E-state index contributed by atoms with van der Waals surface area (Å²) in [6.07, 6.45) is 5.87. The molecule has 82 valence electrons. The summed E-state index contributed by atoms with van der Waals surface area (Å²) in [4.78, 5) is 8.64. The van der Waals surface area contributed by atoms with Gasteiger partial charge in [-0.15, -0.1) is 0 Å². The molecule has 0 aromatic carbocycles. The first kappa shape index (κ1) is 10.6. The highest BCUT2D eigenvalue weighted by Gasteiger charge is 2.26. The molecule has 0 radical (unpaired) electrons. The van der Waals surface area contributed by atoms with Crippen molar-refractivity contribution in [1.82, 2.24) is 15.3 Å². The van der Waals surface area contributed by atoms with E-state index in [0.29, 0.717) is 6.04 Å². The summed E-state index contributed by atoms with van der Waals surface area (Å²) in [7, 11) is 0. The van der Waals surface area contributed by atoms with E-state index in [-0.39, 0.29) is 0 Å². The second kappa shape index (κ2) is 4.71. The molecule has 0 saturated heterocycles. The fourth-order valence-electron chi connectivity index (χ4n) is 1.91. The van der Waals surface area contributed by atoms with Gasteiger partial charge < -0.3 is 5.32 Å². The summed E-state index contributed by atoms with van der Waals surface area (Å²) in [5, 5.41) is 3.51. The van der Waals surface area contributed by atoms with Crippen molar-refractivity contribution < 1.29 is 0 Å². The van der Waals surface area contributed by atoms with Crippen LogP contribution in [0.3, 0.4) is 0 Å². The minimum absolute atomic E-state index is 0.421. The Morgan fingerprint density at radius 1 is 1.53 bits per heavy atom. The van der Waals surface area contributed by atoms with Crippen molar-refractivity contribution in [3.05, 3.63) is 23.8 Å². The van der Waals surface area contributed by atoms with Gasteiger partial charge in [0, 0.05) is 12.2 Å². The highest BCUT2D eigenvalue weighted by molar-refractivity contribution is 5.08. The van der Waals surface area contributed by atoms with Crippen molar-refractivity contribution in [2.75, 3.05) is 6.54 Å². The van der Waals surface area contributed by atoms with Crippen LogP contribution in [-0.4, -0.2) is 16.5 Å². The Balaban J connectivity index is 2.07. The van der Waals surface area contributed by atoms with Gasteiger partial charge in [0.25, 0.3) is 0 Å². The molecule has 1 saturated carbocycles. The van der Waals surface area contributed by atoms with Gasteiger partial charge in [-0.1, -0.05) is 19.8 Å². The Labute approximate surface area is 91.3 Å². The zero-order valence-electron chi connectivity index (χ0n) is 9.53. The minimum Gasteiger partial charge on any atom is -0.309 e. The maximum absolute atomic E-state index is 4.50. The van der Waals surface area contributed by atoms with Crippen molar-refractivity contribution in [3.8, 4) is 0 Å². The Kier molecular flexibility index (Phi) is 3.31. The standard InChI is InChI=1S/C12H19N3/c1-3-13-12(8-10-4-5-10)11-6-7-14-9(2)15-11/h6-7,10,12-13H,3-5,8H2,1-2H3. The highest BCUT2D eigenvalue weighted by Crippen LogP contribution is 2.37. The third kappa shape index (κ3) is 2.99.